The summed E-state index contributed by atoms with van der Waals surface area (Å²) < 4.78 is 0. The Morgan fingerprint density at radius 1 is 1.47 bits per heavy atom. The van der Waals surface area contributed by atoms with E-state index in [1.807, 2.05) is 20.8 Å². The van der Waals surface area contributed by atoms with Crippen LogP contribution in [0.1, 0.15) is 40.0 Å². The van der Waals surface area contributed by atoms with Gasteiger partial charge >= 0.3 is 0 Å². The van der Waals surface area contributed by atoms with Crippen LogP contribution >= 0.6 is 0 Å². The smallest absolute Gasteiger partial charge is 0.239 e. The highest BCUT2D eigenvalue weighted by atomic mass is 16.3. The summed E-state index contributed by atoms with van der Waals surface area (Å²) in [4.78, 5) is 13.6. The Morgan fingerprint density at radius 3 is 2.47 bits per heavy atom. The molecule has 3 N–H and O–H groups in total. The Labute approximate surface area is 92.4 Å². The molecule has 0 saturated heterocycles. The lowest BCUT2D eigenvalue weighted by Crippen LogP contribution is -2.47. The second kappa shape index (κ2) is 7.65. The van der Waals surface area contributed by atoms with Crippen LogP contribution in [0.5, 0.6) is 0 Å². The van der Waals surface area contributed by atoms with Crippen LogP contribution in [0.4, 0.5) is 0 Å². The molecular weight excluding hydrogens is 192 g/mol. The van der Waals surface area contributed by atoms with Crippen LogP contribution in [0.2, 0.25) is 0 Å². The molecule has 0 heterocycles. The van der Waals surface area contributed by atoms with Gasteiger partial charge < -0.3 is 15.7 Å². The normalized spacial score (nSPS) is 12.9. The van der Waals surface area contributed by atoms with Gasteiger partial charge in [0.2, 0.25) is 5.91 Å². The maximum Gasteiger partial charge on any atom is 0.239 e. The Balaban J connectivity index is 4.27. The second-order valence-electron chi connectivity index (χ2n) is 4.10. The van der Waals surface area contributed by atoms with Gasteiger partial charge in [0.1, 0.15) is 0 Å². The predicted octanol–water partition coefficient (Wildman–Crippen LogP) is 0.733. The molecule has 1 amide bonds. The van der Waals surface area contributed by atoms with Crippen LogP contribution in [0.15, 0.2) is 0 Å². The summed E-state index contributed by atoms with van der Waals surface area (Å²) in [5.74, 6) is 0.000278. The van der Waals surface area contributed by atoms with Gasteiger partial charge in [0.05, 0.1) is 6.04 Å². The van der Waals surface area contributed by atoms with Gasteiger partial charge in [-0.2, -0.15) is 0 Å². The van der Waals surface area contributed by atoms with Gasteiger partial charge in [-0.15, -0.1) is 0 Å². The van der Waals surface area contributed by atoms with Crippen molar-refractivity contribution in [3.63, 3.8) is 0 Å². The summed E-state index contributed by atoms with van der Waals surface area (Å²) in [5, 5.41) is 8.75. The highest BCUT2D eigenvalue weighted by Crippen LogP contribution is 2.05. The number of hydrogen-bond acceptors (Lipinski definition) is 3. The van der Waals surface area contributed by atoms with Gasteiger partial charge in [0.25, 0.3) is 0 Å². The summed E-state index contributed by atoms with van der Waals surface area (Å²) in [6, 6.07) is -0.247. The first-order valence-corrected chi connectivity index (χ1v) is 5.71. The van der Waals surface area contributed by atoms with E-state index in [4.69, 9.17) is 10.8 Å². The number of carbonyl (C=O) groups excluding carboxylic acids is 1. The molecule has 0 aromatic rings. The minimum absolute atomic E-state index is 0.000278. The van der Waals surface area contributed by atoms with Crippen molar-refractivity contribution >= 4 is 5.91 Å². The molecule has 0 radical (unpaired) electrons. The van der Waals surface area contributed by atoms with Gasteiger partial charge in [0, 0.05) is 19.2 Å². The van der Waals surface area contributed by atoms with Crippen molar-refractivity contribution in [1.82, 2.24) is 4.90 Å². The molecule has 0 aliphatic heterocycles. The third-order valence-electron chi connectivity index (χ3n) is 2.38. The largest absolute Gasteiger partial charge is 0.396 e. The number of aliphatic hydroxyl groups is 1. The summed E-state index contributed by atoms with van der Waals surface area (Å²) in [6.45, 7) is 6.65. The summed E-state index contributed by atoms with van der Waals surface area (Å²) in [6.07, 6.45) is 2.25. The van der Waals surface area contributed by atoms with E-state index in [-0.39, 0.29) is 18.6 Å². The zero-order valence-corrected chi connectivity index (χ0v) is 10.1. The van der Waals surface area contributed by atoms with Gasteiger partial charge in [0.15, 0.2) is 0 Å². The highest BCUT2D eigenvalue weighted by molar-refractivity contribution is 5.81. The van der Waals surface area contributed by atoms with Crippen molar-refractivity contribution in [2.45, 2.75) is 52.1 Å². The lowest BCUT2D eigenvalue weighted by atomic mass is 10.1. The first kappa shape index (κ1) is 14.4. The van der Waals surface area contributed by atoms with Crippen molar-refractivity contribution in [3.05, 3.63) is 0 Å². The number of rotatable bonds is 7. The molecule has 0 bridgehead atoms. The van der Waals surface area contributed by atoms with Crippen molar-refractivity contribution < 1.29 is 9.90 Å². The molecule has 0 saturated carbocycles. The Hall–Kier alpha value is -0.610. The first-order chi connectivity index (χ1) is 7.04. The molecule has 0 aromatic carbocycles. The lowest BCUT2D eigenvalue weighted by Gasteiger charge is -2.29. The van der Waals surface area contributed by atoms with Crippen LogP contribution in [0.25, 0.3) is 0 Å². The maximum atomic E-state index is 11.9. The van der Waals surface area contributed by atoms with E-state index < -0.39 is 6.04 Å². The van der Waals surface area contributed by atoms with Crippen LogP contribution in [0, 0.1) is 0 Å². The molecule has 0 aliphatic rings. The molecule has 4 nitrogen and oxygen atoms in total. The van der Waals surface area contributed by atoms with Crippen LogP contribution < -0.4 is 5.73 Å². The van der Waals surface area contributed by atoms with E-state index in [0.29, 0.717) is 13.0 Å². The standard InChI is InChI=1S/C11H24N2O2/c1-4-6-10(12)11(15)13(9(2)3)7-5-8-14/h9-10,14H,4-8,12H2,1-3H3/t10-/m0/s1. The van der Waals surface area contributed by atoms with E-state index in [1.165, 1.54) is 0 Å². The molecule has 0 rings (SSSR count). The van der Waals surface area contributed by atoms with Crippen LogP contribution in [-0.2, 0) is 4.79 Å². The number of nitrogens with zero attached hydrogens (tertiary/aromatic N) is 1. The van der Waals surface area contributed by atoms with E-state index >= 15 is 0 Å². The summed E-state index contributed by atoms with van der Waals surface area (Å²) >= 11 is 0. The van der Waals surface area contributed by atoms with E-state index in [9.17, 15) is 4.79 Å². The number of amides is 1. The molecule has 0 aliphatic carbocycles. The average molecular weight is 216 g/mol. The monoisotopic (exact) mass is 216 g/mol. The van der Waals surface area contributed by atoms with Gasteiger partial charge in [-0.3, -0.25) is 4.79 Å². The van der Waals surface area contributed by atoms with Gasteiger partial charge in [-0.05, 0) is 26.7 Å². The van der Waals surface area contributed by atoms with E-state index in [0.717, 1.165) is 12.8 Å². The minimum atomic E-state index is -0.393. The topological polar surface area (TPSA) is 66.6 Å². The third-order valence-corrected chi connectivity index (χ3v) is 2.38. The SMILES string of the molecule is CCC[C@H](N)C(=O)N(CCCO)C(C)C. The fraction of sp³-hybridized carbons (Fsp3) is 0.909. The Bertz CT molecular complexity index is 183. The highest BCUT2D eigenvalue weighted by Gasteiger charge is 2.21. The summed E-state index contributed by atoms with van der Waals surface area (Å²) in [7, 11) is 0. The Kier molecular flexibility index (Phi) is 7.34. The molecular formula is C11H24N2O2. The molecule has 4 heteroatoms. The van der Waals surface area contributed by atoms with Crippen LogP contribution in [-0.4, -0.2) is 41.1 Å². The number of carbonyl (C=O) groups is 1. The number of hydrogen-bond donors (Lipinski definition) is 2. The fourth-order valence-corrected chi connectivity index (χ4v) is 1.51. The molecule has 0 aromatic heterocycles. The molecule has 90 valence electrons. The van der Waals surface area contributed by atoms with Crippen molar-refractivity contribution in [1.29, 1.82) is 0 Å². The second-order valence-corrected chi connectivity index (χ2v) is 4.10. The van der Waals surface area contributed by atoms with Crippen molar-refractivity contribution in [3.8, 4) is 0 Å². The average Bonchev–Trinajstić information content (AvgIpc) is 2.18. The van der Waals surface area contributed by atoms with Gasteiger partial charge in [-0.25, -0.2) is 0 Å². The molecule has 0 fully saturated rings. The zero-order chi connectivity index (χ0) is 11.8. The Morgan fingerprint density at radius 2 is 2.07 bits per heavy atom. The zero-order valence-electron chi connectivity index (χ0n) is 10.1. The predicted molar refractivity (Wildman–Crippen MR) is 61.4 cm³/mol. The van der Waals surface area contributed by atoms with Crippen molar-refractivity contribution in [2.24, 2.45) is 5.73 Å². The van der Waals surface area contributed by atoms with E-state index in [2.05, 4.69) is 0 Å². The minimum Gasteiger partial charge on any atom is -0.396 e. The fourth-order valence-electron chi connectivity index (χ4n) is 1.51. The van der Waals surface area contributed by atoms with E-state index in [1.54, 1.807) is 4.90 Å². The third kappa shape index (κ3) is 5.14. The first-order valence-electron chi connectivity index (χ1n) is 5.71. The van der Waals surface area contributed by atoms with Crippen LogP contribution in [0.3, 0.4) is 0 Å². The summed E-state index contributed by atoms with van der Waals surface area (Å²) in [5.41, 5.74) is 5.78. The number of nitrogens with two attached hydrogens (primary N) is 1. The number of aliphatic hydroxyl groups excluding tert-OH is 1. The maximum absolute atomic E-state index is 11.9. The molecule has 1 atom stereocenters. The van der Waals surface area contributed by atoms with Gasteiger partial charge in [-0.1, -0.05) is 13.3 Å². The molecule has 0 unspecified atom stereocenters. The van der Waals surface area contributed by atoms with Crippen molar-refractivity contribution in [2.75, 3.05) is 13.2 Å². The molecule has 0 spiro atoms. The lowest BCUT2D eigenvalue weighted by molar-refractivity contribution is -0.134. The quantitative estimate of drug-likeness (QED) is 0.659. The molecule has 15 heavy (non-hydrogen) atoms.